The Morgan fingerprint density at radius 1 is 1.12 bits per heavy atom. The summed E-state index contributed by atoms with van der Waals surface area (Å²) in [5.74, 6) is -2.84. The first-order valence-electron chi connectivity index (χ1n) is 7.01. The maximum atomic E-state index is 13.6. The summed E-state index contributed by atoms with van der Waals surface area (Å²) in [4.78, 5) is 23.9. The molecule has 0 spiro atoms. The van der Waals surface area contributed by atoms with E-state index in [1.165, 1.54) is 31.2 Å². The molecule has 126 valence electrons. The monoisotopic (exact) mass is 353 g/mol. The molecule has 0 aliphatic heterocycles. The van der Waals surface area contributed by atoms with Gasteiger partial charge in [-0.2, -0.15) is 0 Å². The Bertz CT molecular complexity index is 795. The van der Waals surface area contributed by atoms with Gasteiger partial charge in [0.15, 0.2) is 6.10 Å². The fourth-order valence-electron chi connectivity index (χ4n) is 1.83. The topological polar surface area (TPSA) is 55.4 Å². The summed E-state index contributed by atoms with van der Waals surface area (Å²) in [5, 5.41) is 2.48. The second-order valence-corrected chi connectivity index (χ2v) is 5.56. The average Bonchev–Trinajstić information content (AvgIpc) is 2.52. The molecule has 4 nitrogen and oxygen atoms in total. The third-order valence-corrected chi connectivity index (χ3v) is 3.48. The number of ether oxygens (including phenoxy) is 1. The molecule has 1 amide bonds. The van der Waals surface area contributed by atoms with Crippen molar-refractivity contribution in [2.24, 2.45) is 0 Å². The molecule has 7 heteroatoms. The van der Waals surface area contributed by atoms with Crippen molar-refractivity contribution in [3.05, 3.63) is 64.2 Å². The van der Waals surface area contributed by atoms with Crippen LogP contribution in [0.1, 0.15) is 22.8 Å². The number of aryl methyl sites for hydroxylation is 1. The summed E-state index contributed by atoms with van der Waals surface area (Å²) in [5.41, 5.74) is 0.277. The first kappa shape index (κ1) is 17.9. The Morgan fingerprint density at radius 3 is 2.46 bits per heavy atom. The first-order chi connectivity index (χ1) is 11.3. The summed E-state index contributed by atoms with van der Waals surface area (Å²) < 4.78 is 32.1. The van der Waals surface area contributed by atoms with E-state index in [-0.39, 0.29) is 16.3 Å². The van der Waals surface area contributed by atoms with E-state index in [1.54, 1.807) is 6.92 Å². The smallest absolute Gasteiger partial charge is 0.339 e. The Balaban J connectivity index is 2.02. The Morgan fingerprint density at radius 2 is 1.83 bits per heavy atom. The van der Waals surface area contributed by atoms with Crippen LogP contribution >= 0.6 is 11.6 Å². The summed E-state index contributed by atoms with van der Waals surface area (Å²) >= 11 is 5.62. The zero-order valence-electron chi connectivity index (χ0n) is 12.9. The second kappa shape index (κ2) is 7.40. The van der Waals surface area contributed by atoms with Gasteiger partial charge >= 0.3 is 5.97 Å². The highest BCUT2D eigenvalue weighted by Gasteiger charge is 2.20. The molecule has 1 atom stereocenters. The van der Waals surface area contributed by atoms with Crippen molar-refractivity contribution >= 4 is 29.2 Å². The number of rotatable bonds is 4. The van der Waals surface area contributed by atoms with Gasteiger partial charge in [-0.25, -0.2) is 13.6 Å². The molecule has 0 radical (unpaired) electrons. The fraction of sp³-hybridized carbons (Fsp3) is 0.176. The highest BCUT2D eigenvalue weighted by atomic mass is 35.5. The van der Waals surface area contributed by atoms with E-state index in [0.717, 1.165) is 12.1 Å². The maximum absolute atomic E-state index is 13.6. The number of halogens is 3. The van der Waals surface area contributed by atoms with Crippen LogP contribution in [0.15, 0.2) is 36.4 Å². The summed E-state index contributed by atoms with van der Waals surface area (Å²) in [6.45, 7) is 2.88. The molecule has 1 N–H and O–H groups in total. The van der Waals surface area contributed by atoms with Crippen molar-refractivity contribution < 1.29 is 23.1 Å². The van der Waals surface area contributed by atoms with E-state index in [1.807, 2.05) is 0 Å². The largest absolute Gasteiger partial charge is 0.449 e. The number of nitrogens with one attached hydrogen (secondary N) is 1. The van der Waals surface area contributed by atoms with Crippen molar-refractivity contribution in [1.29, 1.82) is 0 Å². The van der Waals surface area contributed by atoms with Gasteiger partial charge in [0.1, 0.15) is 11.6 Å². The molecule has 0 saturated heterocycles. The molecular formula is C17H14ClF2NO3. The van der Waals surface area contributed by atoms with Crippen LogP contribution in [0.3, 0.4) is 0 Å². The number of amides is 1. The average molecular weight is 354 g/mol. The van der Waals surface area contributed by atoms with Crippen molar-refractivity contribution in [3.63, 3.8) is 0 Å². The van der Waals surface area contributed by atoms with Crippen molar-refractivity contribution in [2.75, 3.05) is 5.32 Å². The Hall–Kier alpha value is -2.47. The zero-order valence-corrected chi connectivity index (χ0v) is 13.7. The predicted molar refractivity (Wildman–Crippen MR) is 86.1 cm³/mol. The third-order valence-electron chi connectivity index (χ3n) is 3.25. The minimum absolute atomic E-state index is 0.0181. The number of esters is 1. The SMILES string of the molecule is Cc1ccc(C(=O)O[C@H](C)C(=O)Nc2ccc(Cl)cc2F)cc1F. The standard InChI is InChI=1S/C17H14ClF2NO3/c1-9-3-4-11(7-13(9)19)17(23)24-10(2)16(22)21-15-6-5-12(18)8-14(15)20/h3-8,10H,1-2H3,(H,21,22)/t10-/m1/s1. The van der Waals surface area contributed by atoms with E-state index in [0.29, 0.717) is 5.56 Å². The van der Waals surface area contributed by atoms with Crippen LogP contribution in [0.2, 0.25) is 5.02 Å². The molecule has 0 unspecified atom stereocenters. The number of carbonyl (C=O) groups is 2. The van der Waals surface area contributed by atoms with Gasteiger partial charge in [0.2, 0.25) is 0 Å². The normalized spacial score (nSPS) is 11.7. The Kier molecular flexibility index (Phi) is 5.51. The number of anilines is 1. The number of benzene rings is 2. The van der Waals surface area contributed by atoms with Gasteiger partial charge in [0.25, 0.3) is 5.91 Å². The molecule has 0 heterocycles. The van der Waals surface area contributed by atoms with Crippen LogP contribution < -0.4 is 5.32 Å². The molecule has 0 aromatic heterocycles. The Labute approximate surface area is 142 Å². The summed E-state index contributed by atoms with van der Waals surface area (Å²) in [7, 11) is 0. The van der Waals surface area contributed by atoms with Crippen molar-refractivity contribution in [1.82, 2.24) is 0 Å². The van der Waals surface area contributed by atoms with Gasteiger partial charge in [-0.15, -0.1) is 0 Å². The molecule has 24 heavy (non-hydrogen) atoms. The van der Waals surface area contributed by atoms with Crippen molar-refractivity contribution in [2.45, 2.75) is 20.0 Å². The number of carbonyl (C=O) groups excluding carboxylic acids is 2. The van der Waals surface area contributed by atoms with Gasteiger partial charge in [-0.3, -0.25) is 4.79 Å². The first-order valence-corrected chi connectivity index (χ1v) is 7.39. The van der Waals surface area contributed by atoms with Gasteiger partial charge in [-0.1, -0.05) is 17.7 Å². The van der Waals surface area contributed by atoms with E-state index in [9.17, 15) is 18.4 Å². The third kappa shape index (κ3) is 4.29. The predicted octanol–water partition coefficient (Wildman–Crippen LogP) is 4.11. The van der Waals surface area contributed by atoms with Crippen LogP contribution in [0, 0.1) is 18.6 Å². The van der Waals surface area contributed by atoms with Gasteiger partial charge in [0, 0.05) is 5.02 Å². The van der Waals surface area contributed by atoms with Gasteiger partial charge in [-0.05, 0) is 49.7 Å². The van der Waals surface area contributed by atoms with Crippen LogP contribution in [0.5, 0.6) is 0 Å². The van der Waals surface area contributed by atoms with E-state index >= 15 is 0 Å². The summed E-state index contributed by atoms with van der Waals surface area (Å²) in [6.07, 6.45) is -1.20. The highest BCUT2D eigenvalue weighted by Crippen LogP contribution is 2.19. The van der Waals surface area contributed by atoms with Crippen LogP contribution in [-0.4, -0.2) is 18.0 Å². The van der Waals surface area contributed by atoms with Crippen LogP contribution in [0.4, 0.5) is 14.5 Å². The molecule has 2 aromatic carbocycles. The number of hydrogen-bond donors (Lipinski definition) is 1. The molecule has 0 saturated carbocycles. The minimum Gasteiger partial charge on any atom is -0.449 e. The lowest BCUT2D eigenvalue weighted by molar-refractivity contribution is -0.123. The lowest BCUT2D eigenvalue weighted by Gasteiger charge is -2.14. The molecule has 0 bridgehead atoms. The van der Waals surface area contributed by atoms with E-state index in [4.69, 9.17) is 16.3 Å². The van der Waals surface area contributed by atoms with E-state index in [2.05, 4.69) is 5.32 Å². The second-order valence-electron chi connectivity index (χ2n) is 5.12. The minimum atomic E-state index is -1.20. The summed E-state index contributed by atoms with van der Waals surface area (Å²) in [6, 6.07) is 7.60. The molecule has 0 aliphatic carbocycles. The maximum Gasteiger partial charge on any atom is 0.339 e. The molecule has 0 fully saturated rings. The molecule has 0 aliphatic rings. The lowest BCUT2D eigenvalue weighted by atomic mass is 10.1. The van der Waals surface area contributed by atoms with E-state index < -0.39 is 29.6 Å². The zero-order chi connectivity index (χ0) is 17.9. The van der Waals surface area contributed by atoms with Crippen molar-refractivity contribution in [3.8, 4) is 0 Å². The van der Waals surface area contributed by atoms with Crippen LogP contribution in [0.25, 0.3) is 0 Å². The highest BCUT2D eigenvalue weighted by molar-refractivity contribution is 6.30. The van der Waals surface area contributed by atoms with Gasteiger partial charge < -0.3 is 10.1 Å². The van der Waals surface area contributed by atoms with Gasteiger partial charge in [0.05, 0.1) is 11.3 Å². The van der Waals surface area contributed by atoms with Crippen LogP contribution in [-0.2, 0) is 9.53 Å². The quantitative estimate of drug-likeness (QED) is 0.841. The number of hydrogen-bond acceptors (Lipinski definition) is 3. The fourth-order valence-corrected chi connectivity index (χ4v) is 1.99. The molecule has 2 aromatic rings. The molecule has 2 rings (SSSR count). The lowest BCUT2D eigenvalue weighted by Crippen LogP contribution is -2.30. The molecular weight excluding hydrogens is 340 g/mol.